The van der Waals surface area contributed by atoms with Gasteiger partial charge in [0.05, 0.1) is 6.61 Å². The van der Waals surface area contributed by atoms with Gasteiger partial charge in [0, 0.05) is 12.0 Å². The van der Waals surface area contributed by atoms with Gasteiger partial charge in [0.25, 0.3) is 0 Å². The summed E-state index contributed by atoms with van der Waals surface area (Å²) in [5.41, 5.74) is 1.98. The number of aromatic hydroxyl groups is 1. The van der Waals surface area contributed by atoms with Crippen molar-refractivity contribution in [2.45, 2.75) is 12.3 Å². The van der Waals surface area contributed by atoms with E-state index in [1.165, 1.54) is 12.1 Å². The predicted molar refractivity (Wildman–Crippen MR) is 79.8 cm³/mol. The van der Waals surface area contributed by atoms with Gasteiger partial charge in [-0.15, -0.1) is 0 Å². The molecule has 0 spiro atoms. The molecule has 0 amide bonds. The molecule has 1 aliphatic rings. The summed E-state index contributed by atoms with van der Waals surface area (Å²) in [5, 5.41) is 9.43. The molecule has 6 nitrogen and oxygen atoms in total. The number of phenols is 1. The maximum Gasteiger partial charge on any atom is 1.00 e. The second-order valence-corrected chi connectivity index (χ2v) is 6.11. The molecule has 0 saturated carbocycles. The van der Waals surface area contributed by atoms with Crippen molar-refractivity contribution in [1.29, 1.82) is 0 Å². The standard InChI is InChI=1S/C15H14O6S.Na.H/c16-13-4-1-11-7-12(9-20-15(11)8-13)10-2-5-14(6-3-10)21-22(17,18)19;;/h1-6,8,12,16H,7,9H2,(H,17,18,19);;/q;+1;-1. The number of phenolic OH excluding ortho intramolecular Hbond substituents is 1. The molecule has 2 aromatic rings. The van der Waals surface area contributed by atoms with E-state index in [2.05, 4.69) is 4.18 Å². The van der Waals surface area contributed by atoms with Crippen LogP contribution in [0.2, 0.25) is 0 Å². The normalized spacial score (nSPS) is 16.7. The summed E-state index contributed by atoms with van der Waals surface area (Å²) in [6.07, 6.45) is 0.758. The third-order valence-electron chi connectivity index (χ3n) is 3.51. The zero-order chi connectivity index (χ0) is 15.7. The van der Waals surface area contributed by atoms with E-state index in [4.69, 9.17) is 9.29 Å². The molecule has 0 aliphatic carbocycles. The molecule has 2 N–H and O–H groups in total. The van der Waals surface area contributed by atoms with Gasteiger partial charge in [-0.25, -0.2) is 0 Å². The van der Waals surface area contributed by atoms with E-state index < -0.39 is 10.4 Å². The number of rotatable bonds is 3. The van der Waals surface area contributed by atoms with Crippen LogP contribution >= 0.6 is 0 Å². The minimum atomic E-state index is -4.51. The number of hydrogen-bond acceptors (Lipinski definition) is 5. The zero-order valence-corrected chi connectivity index (χ0v) is 15.3. The van der Waals surface area contributed by atoms with Crippen molar-refractivity contribution in [3.8, 4) is 17.2 Å². The molecule has 0 radical (unpaired) electrons. The van der Waals surface area contributed by atoms with Gasteiger partial charge in [-0.2, -0.15) is 8.42 Å². The first-order valence-electron chi connectivity index (χ1n) is 6.62. The van der Waals surface area contributed by atoms with Crippen LogP contribution in [0.1, 0.15) is 18.5 Å². The monoisotopic (exact) mass is 346 g/mol. The fourth-order valence-corrected chi connectivity index (χ4v) is 2.85. The van der Waals surface area contributed by atoms with E-state index in [0.717, 1.165) is 17.5 Å². The van der Waals surface area contributed by atoms with Crippen LogP contribution in [0.3, 0.4) is 0 Å². The van der Waals surface area contributed by atoms with Crippen LogP contribution in [0.25, 0.3) is 0 Å². The summed E-state index contributed by atoms with van der Waals surface area (Å²) >= 11 is 0. The first-order valence-corrected chi connectivity index (χ1v) is 7.99. The average Bonchev–Trinajstić information content (AvgIpc) is 2.46. The van der Waals surface area contributed by atoms with Crippen molar-refractivity contribution < 1.29 is 58.0 Å². The quantitative estimate of drug-likeness (QED) is 0.570. The van der Waals surface area contributed by atoms with E-state index in [1.807, 2.05) is 6.07 Å². The summed E-state index contributed by atoms with van der Waals surface area (Å²) in [7, 11) is -4.51. The molecule has 0 bridgehead atoms. The summed E-state index contributed by atoms with van der Waals surface area (Å²) < 4.78 is 40.0. The number of fused-ring (bicyclic) bond motifs is 1. The second-order valence-electron chi connectivity index (χ2n) is 5.08. The smallest absolute Gasteiger partial charge is 1.00 e. The Hall–Kier alpha value is -1.25. The molecule has 1 atom stereocenters. The van der Waals surface area contributed by atoms with Crippen molar-refractivity contribution in [3.05, 3.63) is 53.6 Å². The summed E-state index contributed by atoms with van der Waals surface area (Å²) in [6.45, 7) is 0.467. The van der Waals surface area contributed by atoms with E-state index in [1.54, 1.807) is 24.3 Å². The molecule has 2 aromatic carbocycles. The molecule has 1 unspecified atom stereocenters. The fourth-order valence-electron chi connectivity index (χ4n) is 2.49. The minimum Gasteiger partial charge on any atom is -1.00 e. The van der Waals surface area contributed by atoms with Gasteiger partial charge in [0.1, 0.15) is 17.2 Å². The fraction of sp³-hybridized carbons (Fsp3) is 0.200. The third-order valence-corrected chi connectivity index (χ3v) is 3.91. The average molecular weight is 346 g/mol. The molecule has 1 aliphatic heterocycles. The Labute approximate surface area is 157 Å². The van der Waals surface area contributed by atoms with Crippen LogP contribution in [-0.2, 0) is 16.8 Å². The largest absolute Gasteiger partial charge is 1.00 e. The van der Waals surface area contributed by atoms with Gasteiger partial charge >= 0.3 is 40.0 Å². The Kier molecular flexibility index (Phi) is 5.59. The van der Waals surface area contributed by atoms with Crippen molar-refractivity contribution in [2.75, 3.05) is 6.61 Å². The van der Waals surface area contributed by atoms with Crippen LogP contribution in [0.4, 0.5) is 0 Å². The molecule has 8 heteroatoms. The van der Waals surface area contributed by atoms with Crippen molar-refractivity contribution in [3.63, 3.8) is 0 Å². The molecule has 0 aromatic heterocycles. The topological polar surface area (TPSA) is 93.1 Å². The number of ether oxygens (including phenoxy) is 1. The van der Waals surface area contributed by atoms with Crippen LogP contribution in [0.5, 0.6) is 17.2 Å². The van der Waals surface area contributed by atoms with Gasteiger partial charge in [0.2, 0.25) is 0 Å². The summed E-state index contributed by atoms with van der Waals surface area (Å²) in [4.78, 5) is 0. The van der Waals surface area contributed by atoms with Crippen molar-refractivity contribution in [2.24, 2.45) is 0 Å². The van der Waals surface area contributed by atoms with Gasteiger partial charge in [-0.1, -0.05) is 18.2 Å². The van der Waals surface area contributed by atoms with Gasteiger partial charge in [-0.05, 0) is 35.7 Å². The van der Waals surface area contributed by atoms with E-state index in [-0.39, 0.29) is 48.4 Å². The number of hydrogen-bond donors (Lipinski definition) is 2. The van der Waals surface area contributed by atoms with Crippen molar-refractivity contribution in [1.82, 2.24) is 0 Å². The Morgan fingerprint density at radius 3 is 2.52 bits per heavy atom. The summed E-state index contributed by atoms with van der Waals surface area (Å²) in [6, 6.07) is 11.5. The molecular formula is C15H15NaO6S. The SMILES string of the molecule is O=S(=O)(O)Oc1ccc(C2COc3cc(O)ccc3C2)cc1.[H-].[Na+]. The predicted octanol–water partition coefficient (Wildman–Crippen LogP) is -0.591. The molecular weight excluding hydrogens is 331 g/mol. The summed E-state index contributed by atoms with van der Waals surface area (Å²) in [5.74, 6) is 1.02. The molecule has 118 valence electrons. The molecule has 0 fully saturated rings. The Morgan fingerprint density at radius 1 is 1.17 bits per heavy atom. The van der Waals surface area contributed by atoms with Crippen molar-refractivity contribution >= 4 is 10.4 Å². The first-order chi connectivity index (χ1) is 10.4. The zero-order valence-electron chi connectivity index (χ0n) is 13.5. The van der Waals surface area contributed by atoms with E-state index in [0.29, 0.717) is 12.4 Å². The minimum absolute atomic E-state index is 0. The van der Waals surface area contributed by atoms with E-state index in [9.17, 15) is 13.5 Å². The maximum atomic E-state index is 10.6. The third kappa shape index (κ3) is 4.62. The van der Waals surface area contributed by atoms with Gasteiger partial charge in [0.15, 0.2) is 0 Å². The van der Waals surface area contributed by atoms with Crippen LogP contribution in [0.15, 0.2) is 42.5 Å². The Morgan fingerprint density at radius 2 is 1.87 bits per heavy atom. The molecule has 23 heavy (non-hydrogen) atoms. The Balaban J connectivity index is 0.00000144. The van der Waals surface area contributed by atoms with Crippen LogP contribution in [-0.4, -0.2) is 24.7 Å². The van der Waals surface area contributed by atoms with Crippen LogP contribution < -0.4 is 38.5 Å². The van der Waals surface area contributed by atoms with Gasteiger partial charge < -0.3 is 15.5 Å². The van der Waals surface area contributed by atoms with Crippen LogP contribution in [0, 0.1) is 0 Å². The van der Waals surface area contributed by atoms with E-state index >= 15 is 0 Å². The molecule has 0 saturated heterocycles. The second kappa shape index (κ2) is 7.11. The van der Waals surface area contributed by atoms with Gasteiger partial charge in [-0.3, -0.25) is 4.55 Å². The number of benzene rings is 2. The first kappa shape index (κ1) is 18.1. The molecule has 3 rings (SSSR count). The Bertz CT molecular complexity index is 794. The maximum absolute atomic E-state index is 10.6. The molecule has 1 heterocycles.